The van der Waals surface area contributed by atoms with Gasteiger partial charge in [0.25, 0.3) is 11.8 Å². The Morgan fingerprint density at radius 1 is 1.03 bits per heavy atom. The van der Waals surface area contributed by atoms with Crippen LogP contribution in [0, 0.1) is 0 Å². The normalized spacial score (nSPS) is 23.1. The highest BCUT2D eigenvalue weighted by Gasteiger charge is 2.51. The fourth-order valence-corrected chi connectivity index (χ4v) is 4.72. The number of carbonyl (C=O) groups is 3. The van der Waals surface area contributed by atoms with Crippen LogP contribution < -0.4 is 10.6 Å². The predicted octanol–water partition coefficient (Wildman–Crippen LogP) is 1.21. The van der Waals surface area contributed by atoms with E-state index in [1.54, 1.807) is 12.1 Å². The molecule has 0 spiro atoms. The minimum Gasteiger partial charge on any atom is -0.381 e. The third kappa shape index (κ3) is 4.29. The Kier molecular flexibility index (Phi) is 6.07. The monoisotopic (exact) mass is 464 g/mol. The maximum atomic E-state index is 13.0. The van der Waals surface area contributed by atoms with Gasteiger partial charge in [0, 0.05) is 55.8 Å². The summed E-state index contributed by atoms with van der Waals surface area (Å²) in [5.41, 5.74) is 2.29. The van der Waals surface area contributed by atoms with E-state index in [4.69, 9.17) is 4.74 Å². The van der Waals surface area contributed by atoms with Crippen LogP contribution in [0.2, 0.25) is 0 Å². The number of piperidine rings is 1. The maximum absolute atomic E-state index is 13.0. The highest BCUT2D eigenvalue weighted by atomic mass is 16.5. The first-order chi connectivity index (χ1) is 16.4. The lowest BCUT2D eigenvalue weighted by molar-refractivity contribution is -0.167. The first-order valence-corrected chi connectivity index (χ1v) is 11.6. The summed E-state index contributed by atoms with van der Waals surface area (Å²) in [5, 5.41) is 16.5. The molecule has 2 saturated heterocycles. The van der Waals surface area contributed by atoms with Crippen molar-refractivity contribution in [2.75, 3.05) is 31.6 Å². The standard InChI is InChI=1S/C25H28N4O5/c30-22-8-9-25(33,24(32)27-22)29-16-20-19(23(29)31)2-1-3-21(20)26-14-17-4-6-18(7-5-17)15-28-10-12-34-13-11-28/h1-7,26,33H,8-16H2,(H,27,30,32). The number of anilines is 1. The van der Waals surface area contributed by atoms with Gasteiger partial charge in [-0.15, -0.1) is 0 Å². The van der Waals surface area contributed by atoms with E-state index in [1.165, 1.54) is 5.56 Å². The van der Waals surface area contributed by atoms with Crippen LogP contribution in [0.5, 0.6) is 0 Å². The number of morpholine rings is 1. The molecule has 0 saturated carbocycles. The Morgan fingerprint density at radius 3 is 2.50 bits per heavy atom. The van der Waals surface area contributed by atoms with Crippen LogP contribution in [-0.2, 0) is 34.0 Å². The van der Waals surface area contributed by atoms with Crippen molar-refractivity contribution in [1.29, 1.82) is 0 Å². The number of nitrogens with one attached hydrogen (secondary N) is 2. The second-order valence-electron chi connectivity index (χ2n) is 8.98. The molecule has 9 nitrogen and oxygen atoms in total. The fourth-order valence-electron chi connectivity index (χ4n) is 4.72. The zero-order valence-corrected chi connectivity index (χ0v) is 18.9. The smallest absolute Gasteiger partial charge is 0.279 e. The molecule has 0 bridgehead atoms. The molecule has 9 heteroatoms. The molecule has 3 aliphatic heterocycles. The summed E-state index contributed by atoms with van der Waals surface area (Å²) < 4.78 is 5.40. The van der Waals surface area contributed by atoms with Crippen LogP contribution in [0.25, 0.3) is 0 Å². The van der Waals surface area contributed by atoms with E-state index in [-0.39, 0.29) is 19.4 Å². The van der Waals surface area contributed by atoms with Gasteiger partial charge in [-0.3, -0.25) is 29.5 Å². The van der Waals surface area contributed by atoms with Gasteiger partial charge in [-0.05, 0) is 23.3 Å². The minimum absolute atomic E-state index is 0.0188. The van der Waals surface area contributed by atoms with Crippen molar-refractivity contribution in [3.05, 3.63) is 64.7 Å². The number of imide groups is 1. The molecule has 3 N–H and O–H groups in total. The fraction of sp³-hybridized carbons (Fsp3) is 0.400. The van der Waals surface area contributed by atoms with Gasteiger partial charge >= 0.3 is 0 Å². The molecule has 1 unspecified atom stereocenters. The molecule has 3 aliphatic rings. The second kappa shape index (κ2) is 9.17. The largest absolute Gasteiger partial charge is 0.381 e. The van der Waals surface area contributed by atoms with Crippen LogP contribution >= 0.6 is 0 Å². The van der Waals surface area contributed by atoms with Crippen LogP contribution in [0.3, 0.4) is 0 Å². The summed E-state index contributed by atoms with van der Waals surface area (Å²) >= 11 is 0. The number of fused-ring (bicyclic) bond motifs is 1. The molecule has 1 atom stereocenters. The van der Waals surface area contributed by atoms with Crippen molar-refractivity contribution in [1.82, 2.24) is 15.1 Å². The number of ether oxygens (including phenoxy) is 1. The Morgan fingerprint density at radius 2 is 1.76 bits per heavy atom. The van der Waals surface area contributed by atoms with E-state index in [0.717, 1.165) is 54.6 Å². The number of hydrogen-bond acceptors (Lipinski definition) is 7. The van der Waals surface area contributed by atoms with Crippen LogP contribution in [0.4, 0.5) is 5.69 Å². The van der Waals surface area contributed by atoms with E-state index in [2.05, 4.69) is 39.8 Å². The quantitative estimate of drug-likeness (QED) is 0.551. The molecule has 0 aliphatic carbocycles. The summed E-state index contributed by atoms with van der Waals surface area (Å²) in [7, 11) is 0. The highest BCUT2D eigenvalue weighted by molar-refractivity contribution is 6.07. The Balaban J connectivity index is 1.25. The molecule has 34 heavy (non-hydrogen) atoms. The van der Waals surface area contributed by atoms with Crippen molar-refractivity contribution in [2.24, 2.45) is 0 Å². The van der Waals surface area contributed by atoms with E-state index in [9.17, 15) is 19.5 Å². The van der Waals surface area contributed by atoms with Crippen molar-refractivity contribution < 1.29 is 24.2 Å². The number of rotatable bonds is 6. The molecule has 0 aromatic heterocycles. The lowest BCUT2D eigenvalue weighted by atomic mass is 10.00. The first-order valence-electron chi connectivity index (χ1n) is 11.6. The number of amides is 3. The Hall–Kier alpha value is -3.27. The van der Waals surface area contributed by atoms with Gasteiger partial charge in [-0.2, -0.15) is 0 Å². The zero-order valence-electron chi connectivity index (χ0n) is 18.9. The van der Waals surface area contributed by atoms with Crippen LogP contribution in [0.15, 0.2) is 42.5 Å². The zero-order chi connectivity index (χ0) is 23.7. The molecule has 2 fully saturated rings. The average molecular weight is 465 g/mol. The predicted molar refractivity (Wildman–Crippen MR) is 124 cm³/mol. The summed E-state index contributed by atoms with van der Waals surface area (Å²) in [6, 6.07) is 13.8. The number of aliphatic hydroxyl groups is 1. The van der Waals surface area contributed by atoms with Gasteiger partial charge in [0.15, 0.2) is 0 Å². The molecule has 3 amide bonds. The topological polar surface area (TPSA) is 111 Å². The summed E-state index contributed by atoms with van der Waals surface area (Å²) in [6.07, 6.45) is -0.133. The first kappa shape index (κ1) is 22.5. The minimum atomic E-state index is -2.03. The van der Waals surface area contributed by atoms with Gasteiger partial charge in [-0.1, -0.05) is 30.3 Å². The molecule has 2 aromatic carbocycles. The molecular weight excluding hydrogens is 436 g/mol. The number of benzene rings is 2. The summed E-state index contributed by atoms with van der Waals surface area (Å²) in [5.74, 6) is -1.72. The van der Waals surface area contributed by atoms with E-state index in [0.29, 0.717) is 12.1 Å². The molecule has 3 heterocycles. The Labute approximate surface area is 197 Å². The summed E-state index contributed by atoms with van der Waals surface area (Å²) in [4.78, 5) is 40.4. The van der Waals surface area contributed by atoms with Crippen LogP contribution in [0.1, 0.15) is 39.9 Å². The van der Waals surface area contributed by atoms with Crippen molar-refractivity contribution >= 4 is 23.4 Å². The third-order valence-corrected chi connectivity index (χ3v) is 6.75. The van der Waals surface area contributed by atoms with Crippen molar-refractivity contribution in [3.8, 4) is 0 Å². The van der Waals surface area contributed by atoms with Gasteiger partial charge in [0.1, 0.15) is 0 Å². The van der Waals surface area contributed by atoms with Crippen LogP contribution in [-0.4, -0.2) is 64.7 Å². The van der Waals surface area contributed by atoms with Gasteiger partial charge in [0.05, 0.1) is 19.8 Å². The van der Waals surface area contributed by atoms with Crippen molar-refractivity contribution in [2.45, 2.75) is 38.2 Å². The lowest BCUT2D eigenvalue weighted by Crippen LogP contribution is -2.63. The lowest BCUT2D eigenvalue weighted by Gasteiger charge is -2.37. The number of carbonyl (C=O) groups excluding carboxylic acids is 3. The maximum Gasteiger partial charge on any atom is 0.279 e. The molecule has 178 valence electrons. The SMILES string of the molecule is O=C1CCC(O)(N2Cc3c(NCc4ccc(CN5CCOCC5)cc4)cccc3C2=O)C(=O)N1. The van der Waals surface area contributed by atoms with E-state index < -0.39 is 23.4 Å². The highest BCUT2D eigenvalue weighted by Crippen LogP contribution is 2.36. The van der Waals surface area contributed by atoms with E-state index >= 15 is 0 Å². The molecule has 0 radical (unpaired) electrons. The number of hydrogen-bond donors (Lipinski definition) is 3. The van der Waals surface area contributed by atoms with Crippen molar-refractivity contribution in [3.63, 3.8) is 0 Å². The van der Waals surface area contributed by atoms with Gasteiger partial charge in [-0.25, -0.2) is 0 Å². The average Bonchev–Trinajstić information content (AvgIpc) is 3.20. The van der Waals surface area contributed by atoms with Gasteiger partial charge < -0.3 is 15.2 Å². The molecule has 2 aromatic rings. The molecule has 5 rings (SSSR count). The summed E-state index contributed by atoms with van der Waals surface area (Å²) in [6.45, 7) is 5.03. The molecular formula is C25H28N4O5. The third-order valence-electron chi connectivity index (χ3n) is 6.75. The van der Waals surface area contributed by atoms with E-state index in [1.807, 2.05) is 6.07 Å². The number of nitrogens with zero attached hydrogens (tertiary/aromatic N) is 2. The van der Waals surface area contributed by atoms with Gasteiger partial charge in [0.2, 0.25) is 11.6 Å². The Bertz CT molecular complexity index is 1110. The second-order valence-corrected chi connectivity index (χ2v) is 8.98.